The van der Waals surface area contributed by atoms with E-state index in [0.29, 0.717) is 4.88 Å². The molecule has 0 aliphatic rings. The van der Waals surface area contributed by atoms with E-state index in [4.69, 9.17) is 0 Å². The van der Waals surface area contributed by atoms with Crippen molar-refractivity contribution >= 4 is 33.0 Å². The number of aromatic nitrogens is 1. The average Bonchev–Trinajstić information content (AvgIpc) is 2.64. The van der Waals surface area contributed by atoms with Crippen LogP contribution in [0.2, 0.25) is 0 Å². The van der Waals surface area contributed by atoms with Crippen molar-refractivity contribution in [2.75, 3.05) is 0 Å². The number of thiophene rings is 1. The summed E-state index contributed by atoms with van der Waals surface area (Å²) in [6, 6.07) is 2.89. The topological polar surface area (TPSA) is 30.0 Å². The summed E-state index contributed by atoms with van der Waals surface area (Å²) >= 11 is 4.57. The van der Waals surface area contributed by atoms with Crippen LogP contribution in [0.15, 0.2) is 34.4 Å². The molecule has 2 heterocycles. The molecule has 0 saturated heterocycles. The Balaban J connectivity index is 2.36. The fourth-order valence-corrected chi connectivity index (χ4v) is 2.50. The minimum absolute atomic E-state index is 0.210. The van der Waals surface area contributed by atoms with Crippen LogP contribution >= 0.6 is 27.3 Å². The Kier molecular flexibility index (Phi) is 2.93. The van der Waals surface area contributed by atoms with Crippen LogP contribution in [0, 0.1) is 5.82 Å². The number of hydrogen-bond donors (Lipinski definition) is 0. The minimum atomic E-state index is -0.503. The largest absolute Gasteiger partial charge is 0.288 e. The summed E-state index contributed by atoms with van der Waals surface area (Å²) in [5.74, 6) is -0.714. The van der Waals surface area contributed by atoms with Crippen molar-refractivity contribution in [3.05, 3.63) is 50.6 Å². The molecule has 2 rings (SSSR count). The van der Waals surface area contributed by atoms with Crippen LogP contribution in [0.3, 0.4) is 0 Å². The van der Waals surface area contributed by atoms with Crippen LogP contribution < -0.4 is 0 Å². The van der Waals surface area contributed by atoms with Crippen LogP contribution in [0.1, 0.15) is 15.2 Å². The molecule has 0 saturated carbocycles. The van der Waals surface area contributed by atoms with Crippen molar-refractivity contribution in [3.63, 3.8) is 0 Å². The summed E-state index contributed by atoms with van der Waals surface area (Å²) in [5, 5.41) is 1.81. The van der Waals surface area contributed by atoms with E-state index < -0.39 is 5.82 Å². The van der Waals surface area contributed by atoms with Crippen molar-refractivity contribution < 1.29 is 9.18 Å². The van der Waals surface area contributed by atoms with E-state index in [-0.39, 0.29) is 11.3 Å². The summed E-state index contributed by atoms with van der Waals surface area (Å²) in [4.78, 5) is 16.0. The second-order valence-electron chi connectivity index (χ2n) is 2.85. The molecule has 0 spiro atoms. The maximum absolute atomic E-state index is 12.8. The highest BCUT2D eigenvalue weighted by Crippen LogP contribution is 2.22. The molecule has 2 nitrogen and oxygen atoms in total. The SMILES string of the molecule is O=C(c1cncc(F)c1)c1cc(Br)cs1. The average molecular weight is 286 g/mol. The van der Waals surface area contributed by atoms with Gasteiger partial charge in [-0.1, -0.05) is 0 Å². The van der Waals surface area contributed by atoms with Gasteiger partial charge >= 0.3 is 0 Å². The van der Waals surface area contributed by atoms with Crippen molar-refractivity contribution in [2.45, 2.75) is 0 Å². The Hall–Kier alpha value is -1.07. The number of hydrogen-bond acceptors (Lipinski definition) is 3. The summed E-state index contributed by atoms with van der Waals surface area (Å²) < 4.78 is 13.7. The molecule has 76 valence electrons. The molecule has 0 aliphatic heterocycles. The standard InChI is InChI=1S/C10H5BrFNOS/c11-7-2-9(15-5-7)10(14)6-1-8(12)4-13-3-6/h1-5H. The molecule has 5 heteroatoms. The van der Waals surface area contributed by atoms with Gasteiger partial charge in [0.25, 0.3) is 0 Å². The first-order chi connectivity index (χ1) is 7.16. The molecular weight excluding hydrogens is 281 g/mol. The van der Waals surface area contributed by atoms with Gasteiger partial charge in [-0.15, -0.1) is 11.3 Å². The number of ketones is 1. The highest BCUT2D eigenvalue weighted by Gasteiger charge is 2.12. The van der Waals surface area contributed by atoms with Crippen molar-refractivity contribution in [3.8, 4) is 0 Å². The quantitative estimate of drug-likeness (QED) is 0.793. The zero-order valence-electron chi connectivity index (χ0n) is 7.41. The minimum Gasteiger partial charge on any atom is -0.288 e. The van der Waals surface area contributed by atoms with E-state index in [2.05, 4.69) is 20.9 Å². The van der Waals surface area contributed by atoms with E-state index in [1.165, 1.54) is 23.6 Å². The van der Waals surface area contributed by atoms with Gasteiger partial charge in [0, 0.05) is 21.6 Å². The Labute approximate surface area is 97.9 Å². The van der Waals surface area contributed by atoms with Gasteiger partial charge in [0.2, 0.25) is 5.78 Å². The van der Waals surface area contributed by atoms with E-state index in [0.717, 1.165) is 10.7 Å². The lowest BCUT2D eigenvalue weighted by Crippen LogP contribution is -1.99. The molecule has 2 aromatic heterocycles. The third kappa shape index (κ3) is 2.30. The highest BCUT2D eigenvalue weighted by molar-refractivity contribution is 9.10. The molecule has 2 aromatic rings. The van der Waals surface area contributed by atoms with Gasteiger partial charge in [0.1, 0.15) is 5.82 Å². The van der Waals surface area contributed by atoms with E-state index in [1.807, 2.05) is 0 Å². The number of halogens is 2. The zero-order valence-corrected chi connectivity index (χ0v) is 9.81. The van der Waals surface area contributed by atoms with Crippen LogP contribution in [-0.2, 0) is 0 Å². The fourth-order valence-electron chi connectivity index (χ4n) is 1.11. The lowest BCUT2D eigenvalue weighted by Gasteiger charge is -1.96. The molecule has 0 aliphatic carbocycles. The first-order valence-electron chi connectivity index (χ1n) is 4.06. The third-order valence-corrected chi connectivity index (χ3v) is 3.45. The van der Waals surface area contributed by atoms with Crippen molar-refractivity contribution in [2.24, 2.45) is 0 Å². The maximum Gasteiger partial charge on any atom is 0.204 e. The molecule has 0 fully saturated rings. The molecule has 15 heavy (non-hydrogen) atoms. The molecule has 0 aromatic carbocycles. The number of rotatable bonds is 2. The number of nitrogens with zero attached hydrogens (tertiary/aromatic N) is 1. The molecule has 0 amide bonds. The summed E-state index contributed by atoms with van der Waals surface area (Å²) in [5.41, 5.74) is 0.268. The zero-order chi connectivity index (χ0) is 10.8. The molecule has 0 unspecified atom stereocenters. The Morgan fingerprint density at radius 1 is 1.40 bits per heavy atom. The number of carbonyl (C=O) groups is 1. The van der Waals surface area contributed by atoms with E-state index >= 15 is 0 Å². The Morgan fingerprint density at radius 3 is 2.80 bits per heavy atom. The maximum atomic E-state index is 12.8. The normalized spacial score (nSPS) is 10.3. The molecular formula is C10H5BrFNOS. The first-order valence-corrected chi connectivity index (χ1v) is 5.73. The molecule has 0 bridgehead atoms. The van der Waals surface area contributed by atoms with Gasteiger partial charge in [0.05, 0.1) is 11.1 Å². The van der Waals surface area contributed by atoms with Crippen LogP contribution in [-0.4, -0.2) is 10.8 Å². The lowest BCUT2D eigenvalue weighted by atomic mass is 10.1. The molecule has 0 atom stereocenters. The molecule has 0 N–H and O–H groups in total. The predicted octanol–water partition coefficient (Wildman–Crippen LogP) is 3.28. The fraction of sp³-hybridized carbons (Fsp3) is 0. The monoisotopic (exact) mass is 285 g/mol. The number of carbonyl (C=O) groups excluding carboxylic acids is 1. The van der Waals surface area contributed by atoms with Crippen molar-refractivity contribution in [1.82, 2.24) is 4.98 Å². The van der Waals surface area contributed by atoms with Gasteiger partial charge in [-0.25, -0.2) is 4.39 Å². The van der Waals surface area contributed by atoms with Crippen LogP contribution in [0.5, 0.6) is 0 Å². The third-order valence-electron chi connectivity index (χ3n) is 1.76. The van der Waals surface area contributed by atoms with Gasteiger partial charge in [-0.3, -0.25) is 9.78 Å². The van der Waals surface area contributed by atoms with Gasteiger partial charge in [-0.05, 0) is 28.1 Å². The lowest BCUT2D eigenvalue weighted by molar-refractivity contribution is 0.104. The first kappa shape index (κ1) is 10.4. The molecule has 0 radical (unpaired) electrons. The predicted molar refractivity (Wildman–Crippen MR) is 59.6 cm³/mol. The van der Waals surface area contributed by atoms with Crippen molar-refractivity contribution in [1.29, 1.82) is 0 Å². The summed E-state index contributed by atoms with van der Waals surface area (Å²) in [6.07, 6.45) is 2.43. The second kappa shape index (κ2) is 4.20. The van der Waals surface area contributed by atoms with Crippen LogP contribution in [0.25, 0.3) is 0 Å². The van der Waals surface area contributed by atoms with Gasteiger partial charge in [-0.2, -0.15) is 0 Å². The Morgan fingerprint density at radius 2 is 2.20 bits per heavy atom. The van der Waals surface area contributed by atoms with E-state index in [9.17, 15) is 9.18 Å². The highest BCUT2D eigenvalue weighted by atomic mass is 79.9. The summed E-state index contributed by atoms with van der Waals surface area (Å²) in [7, 11) is 0. The van der Waals surface area contributed by atoms with Gasteiger partial charge < -0.3 is 0 Å². The smallest absolute Gasteiger partial charge is 0.204 e. The summed E-state index contributed by atoms with van der Waals surface area (Å²) in [6.45, 7) is 0. The van der Waals surface area contributed by atoms with Crippen LogP contribution in [0.4, 0.5) is 4.39 Å². The Bertz CT molecular complexity index is 512. The van der Waals surface area contributed by atoms with Gasteiger partial charge in [0.15, 0.2) is 0 Å². The number of pyridine rings is 1. The van der Waals surface area contributed by atoms with E-state index in [1.54, 1.807) is 11.4 Å². The second-order valence-corrected chi connectivity index (χ2v) is 4.68.